The van der Waals surface area contributed by atoms with Crippen molar-refractivity contribution in [1.29, 1.82) is 0 Å². The van der Waals surface area contributed by atoms with Crippen LogP contribution in [0, 0.1) is 20.2 Å². The first kappa shape index (κ1) is 24.7. The predicted molar refractivity (Wildman–Crippen MR) is 122 cm³/mol. The van der Waals surface area contributed by atoms with Gasteiger partial charge in [-0.2, -0.15) is 4.99 Å². The third-order valence-electron chi connectivity index (χ3n) is 4.63. The van der Waals surface area contributed by atoms with E-state index in [1.807, 2.05) is 6.92 Å². The molecule has 1 amide bonds. The summed E-state index contributed by atoms with van der Waals surface area (Å²) in [6.45, 7) is 4.91. The van der Waals surface area contributed by atoms with Crippen LogP contribution in [0.15, 0.2) is 41.4 Å². The van der Waals surface area contributed by atoms with E-state index in [9.17, 15) is 29.8 Å². The van der Waals surface area contributed by atoms with Gasteiger partial charge in [0, 0.05) is 25.3 Å². The van der Waals surface area contributed by atoms with E-state index in [-0.39, 0.29) is 17.0 Å². The zero-order valence-corrected chi connectivity index (χ0v) is 19.1. The maximum Gasteiger partial charge on any atom is 0.338 e. The molecule has 0 atom stereocenters. The van der Waals surface area contributed by atoms with E-state index in [0.29, 0.717) is 35.5 Å². The Kier molecular flexibility index (Phi) is 7.81. The number of benzene rings is 2. The van der Waals surface area contributed by atoms with Crippen LogP contribution in [0.5, 0.6) is 0 Å². The Morgan fingerprint density at radius 3 is 2.26 bits per heavy atom. The summed E-state index contributed by atoms with van der Waals surface area (Å²) in [6.07, 6.45) is 0. The van der Waals surface area contributed by atoms with Gasteiger partial charge in [0.25, 0.3) is 17.3 Å². The largest absolute Gasteiger partial charge is 0.462 e. The molecule has 3 rings (SSSR count). The molecular formula is C21H20N4O8S. The van der Waals surface area contributed by atoms with Gasteiger partial charge < -0.3 is 14.0 Å². The average Bonchev–Trinajstić information content (AvgIpc) is 3.15. The van der Waals surface area contributed by atoms with Crippen molar-refractivity contribution >= 4 is 44.8 Å². The topological polar surface area (TPSA) is 156 Å². The lowest BCUT2D eigenvalue weighted by Crippen LogP contribution is -2.19. The fraction of sp³-hybridized carbons (Fsp3) is 0.286. The zero-order valence-electron chi connectivity index (χ0n) is 18.3. The highest BCUT2D eigenvalue weighted by Crippen LogP contribution is 2.24. The first-order valence-electron chi connectivity index (χ1n) is 10.2. The van der Waals surface area contributed by atoms with E-state index in [4.69, 9.17) is 9.47 Å². The number of carbonyl (C=O) groups is 2. The molecule has 12 nitrogen and oxygen atoms in total. The lowest BCUT2D eigenvalue weighted by atomic mass is 10.1. The second kappa shape index (κ2) is 10.8. The number of nitro groups is 2. The fourth-order valence-corrected chi connectivity index (χ4v) is 4.19. The van der Waals surface area contributed by atoms with Gasteiger partial charge in [-0.1, -0.05) is 11.3 Å². The monoisotopic (exact) mass is 488 g/mol. The third kappa shape index (κ3) is 5.50. The summed E-state index contributed by atoms with van der Waals surface area (Å²) in [5, 5.41) is 22.3. The Balaban J connectivity index is 2.12. The minimum Gasteiger partial charge on any atom is -0.462 e. The quantitative estimate of drug-likeness (QED) is 0.192. The highest BCUT2D eigenvalue weighted by atomic mass is 32.1. The number of rotatable bonds is 9. The predicted octanol–water partition coefficient (Wildman–Crippen LogP) is 3.47. The van der Waals surface area contributed by atoms with Gasteiger partial charge in [-0.25, -0.2) is 4.79 Å². The Bertz CT molecular complexity index is 1310. The Morgan fingerprint density at radius 2 is 1.68 bits per heavy atom. The maximum absolute atomic E-state index is 12.9. The van der Waals surface area contributed by atoms with Gasteiger partial charge in [-0.05, 0) is 32.0 Å². The molecule has 0 radical (unpaired) electrons. The first-order valence-corrected chi connectivity index (χ1v) is 11.0. The highest BCUT2D eigenvalue weighted by Gasteiger charge is 2.20. The van der Waals surface area contributed by atoms with E-state index in [2.05, 4.69) is 4.99 Å². The van der Waals surface area contributed by atoms with Gasteiger partial charge in [0.1, 0.15) is 0 Å². The van der Waals surface area contributed by atoms with Crippen LogP contribution in [0.25, 0.3) is 10.2 Å². The van der Waals surface area contributed by atoms with Gasteiger partial charge in [0.2, 0.25) is 0 Å². The van der Waals surface area contributed by atoms with Crippen LogP contribution in [-0.4, -0.2) is 46.1 Å². The molecule has 0 spiro atoms. The second-order valence-corrected chi connectivity index (χ2v) is 7.81. The number of hydrogen-bond acceptors (Lipinski definition) is 9. The summed E-state index contributed by atoms with van der Waals surface area (Å²) in [4.78, 5) is 49.9. The molecule has 0 bridgehead atoms. The Morgan fingerprint density at radius 1 is 1.00 bits per heavy atom. The molecule has 0 aliphatic heterocycles. The molecular weight excluding hydrogens is 468 g/mol. The third-order valence-corrected chi connectivity index (χ3v) is 5.67. The number of nitrogens with zero attached hydrogens (tertiary/aromatic N) is 4. The van der Waals surface area contributed by atoms with Crippen LogP contribution in [0.2, 0.25) is 0 Å². The van der Waals surface area contributed by atoms with Crippen LogP contribution in [0.1, 0.15) is 34.6 Å². The smallest absolute Gasteiger partial charge is 0.338 e. The van der Waals surface area contributed by atoms with Crippen LogP contribution in [-0.2, 0) is 16.0 Å². The summed E-state index contributed by atoms with van der Waals surface area (Å²) in [5.41, 5.74) is -0.448. The van der Waals surface area contributed by atoms with Gasteiger partial charge in [-0.15, -0.1) is 0 Å². The summed E-state index contributed by atoms with van der Waals surface area (Å²) in [7, 11) is 0. The first-order chi connectivity index (χ1) is 16.2. The number of hydrogen-bond donors (Lipinski definition) is 0. The SMILES string of the molecule is CCOCCn1c(=NC(=O)c2cc([N+](=O)[O-])cc([N+](=O)[O-])c2)sc2cc(C(=O)OCC)ccc21. The Labute approximate surface area is 196 Å². The van der Waals surface area contributed by atoms with Crippen molar-refractivity contribution < 1.29 is 28.9 Å². The molecule has 34 heavy (non-hydrogen) atoms. The van der Waals surface area contributed by atoms with Crippen molar-refractivity contribution in [3.8, 4) is 0 Å². The number of ether oxygens (including phenoxy) is 2. The minimum absolute atomic E-state index is 0.222. The number of carbonyl (C=O) groups excluding carboxylic acids is 2. The molecule has 2 aromatic carbocycles. The second-order valence-electron chi connectivity index (χ2n) is 6.81. The summed E-state index contributed by atoms with van der Waals surface area (Å²) in [6, 6.07) is 7.57. The molecule has 0 aliphatic carbocycles. The summed E-state index contributed by atoms with van der Waals surface area (Å²) < 4.78 is 12.8. The maximum atomic E-state index is 12.9. The number of esters is 1. The van der Waals surface area contributed by atoms with Gasteiger partial charge in [-0.3, -0.25) is 25.0 Å². The molecule has 13 heteroatoms. The van der Waals surface area contributed by atoms with Gasteiger partial charge in [0.05, 0.1) is 50.5 Å². The van der Waals surface area contributed by atoms with Crippen molar-refractivity contribution in [2.45, 2.75) is 20.4 Å². The lowest BCUT2D eigenvalue weighted by Gasteiger charge is -2.06. The van der Waals surface area contributed by atoms with E-state index >= 15 is 0 Å². The van der Waals surface area contributed by atoms with Crippen molar-refractivity contribution in [2.24, 2.45) is 4.99 Å². The van der Waals surface area contributed by atoms with E-state index in [0.717, 1.165) is 29.5 Å². The fourth-order valence-electron chi connectivity index (χ4n) is 3.10. The molecule has 178 valence electrons. The highest BCUT2D eigenvalue weighted by molar-refractivity contribution is 7.16. The van der Waals surface area contributed by atoms with Crippen molar-refractivity contribution in [3.05, 3.63) is 72.6 Å². The summed E-state index contributed by atoms with van der Waals surface area (Å²) in [5.74, 6) is -1.37. The molecule has 0 saturated heterocycles. The lowest BCUT2D eigenvalue weighted by molar-refractivity contribution is -0.394. The van der Waals surface area contributed by atoms with Crippen molar-refractivity contribution in [2.75, 3.05) is 19.8 Å². The average molecular weight is 488 g/mol. The summed E-state index contributed by atoms with van der Waals surface area (Å²) >= 11 is 1.12. The van der Waals surface area contributed by atoms with Crippen LogP contribution in [0.4, 0.5) is 11.4 Å². The minimum atomic E-state index is -0.880. The molecule has 0 unspecified atom stereocenters. The number of non-ortho nitro benzene ring substituents is 2. The zero-order chi connectivity index (χ0) is 24.8. The van der Waals surface area contributed by atoms with Crippen LogP contribution >= 0.6 is 11.3 Å². The number of fused-ring (bicyclic) bond motifs is 1. The molecule has 0 fully saturated rings. The number of thiazole rings is 1. The van der Waals surface area contributed by atoms with Gasteiger partial charge in [0.15, 0.2) is 4.80 Å². The molecule has 0 aliphatic rings. The molecule has 1 aromatic heterocycles. The van der Waals surface area contributed by atoms with E-state index in [1.165, 1.54) is 0 Å². The molecule has 0 saturated carbocycles. The van der Waals surface area contributed by atoms with E-state index < -0.39 is 33.1 Å². The van der Waals surface area contributed by atoms with Crippen LogP contribution in [0.3, 0.4) is 0 Å². The normalized spacial score (nSPS) is 11.5. The number of amides is 1. The Hall–Kier alpha value is -3.97. The van der Waals surface area contributed by atoms with Gasteiger partial charge >= 0.3 is 5.97 Å². The number of nitro benzene ring substituents is 2. The van der Waals surface area contributed by atoms with E-state index in [1.54, 1.807) is 29.7 Å². The molecule has 0 N–H and O–H groups in total. The number of aromatic nitrogens is 1. The van der Waals surface area contributed by atoms with Crippen molar-refractivity contribution in [3.63, 3.8) is 0 Å². The standard InChI is InChI=1S/C21H20N4O8S/c1-3-32-8-7-23-17-6-5-13(20(27)33-4-2)11-18(17)34-21(23)22-19(26)14-9-15(24(28)29)12-16(10-14)25(30)31/h5-6,9-12H,3-4,7-8H2,1-2H3. The van der Waals surface area contributed by atoms with Crippen LogP contribution < -0.4 is 4.80 Å². The van der Waals surface area contributed by atoms with Crippen molar-refractivity contribution in [1.82, 2.24) is 4.57 Å². The molecule has 3 aromatic rings. The molecule has 1 heterocycles.